The smallest absolute Gasteiger partial charge is 0.463 e. The van der Waals surface area contributed by atoms with Gasteiger partial charge in [0.15, 0.2) is 18.7 Å². The molecule has 3 fully saturated rings. The molecular weight excluding hydrogens is 1260 g/mol. The number of unbranched alkanes of at least 4 members (excludes halogenated alkanes) is 34. The SMILES string of the molecule is CCCCCCCCC/C=C\CCCCCC(=O)OC(COC(=O)CCCCCCCCCCCCCCCC)COP(=O)(O)OC1C(OC2OC(CO)C(O)C(O)C2O)C(O)C(O)C(O)C1OC1OC(COC(=O)CCCCCCCCCCCCCC)C(O)C(O)C1O. The molecule has 0 bridgehead atoms. The number of esters is 3. The van der Waals surface area contributed by atoms with Gasteiger partial charge in [-0.3, -0.25) is 23.4 Å². The van der Waals surface area contributed by atoms with Crippen LogP contribution >= 0.6 is 7.82 Å². The minimum Gasteiger partial charge on any atom is -0.463 e. The van der Waals surface area contributed by atoms with Gasteiger partial charge in [0.25, 0.3) is 0 Å². The van der Waals surface area contributed by atoms with Crippen molar-refractivity contribution in [3.63, 3.8) is 0 Å². The summed E-state index contributed by atoms with van der Waals surface area (Å²) in [4.78, 5) is 50.9. The summed E-state index contributed by atoms with van der Waals surface area (Å²) in [5.74, 6) is -2.00. The van der Waals surface area contributed by atoms with Crippen LogP contribution in [0, 0.1) is 0 Å². The third kappa shape index (κ3) is 36.2. The van der Waals surface area contributed by atoms with Gasteiger partial charge in [-0.2, -0.15) is 0 Å². The molecule has 1 aliphatic carbocycles. The van der Waals surface area contributed by atoms with E-state index in [0.717, 1.165) is 89.9 Å². The van der Waals surface area contributed by atoms with Crippen LogP contribution in [-0.2, 0) is 61.2 Å². The van der Waals surface area contributed by atoms with Crippen LogP contribution in [0.4, 0.5) is 0 Å². The first-order chi connectivity index (χ1) is 45.8. The van der Waals surface area contributed by atoms with E-state index in [9.17, 15) is 74.9 Å². The number of rotatable bonds is 57. The fourth-order valence-electron chi connectivity index (χ4n) is 12.2. The van der Waals surface area contributed by atoms with E-state index in [4.69, 9.17) is 42.2 Å². The van der Waals surface area contributed by atoms with Gasteiger partial charge >= 0.3 is 25.7 Å². The number of allylic oxidation sites excluding steroid dienone is 2. The van der Waals surface area contributed by atoms with Crippen LogP contribution in [0.5, 0.6) is 0 Å². The van der Waals surface area contributed by atoms with E-state index < -0.39 is 156 Å². The number of ether oxygens (including phenoxy) is 7. The topological polar surface area (TPSA) is 374 Å². The predicted octanol–water partition coefficient (Wildman–Crippen LogP) is 9.57. The average Bonchev–Trinajstić information content (AvgIpc) is 0.764. The van der Waals surface area contributed by atoms with Gasteiger partial charge in [-0.25, -0.2) is 4.57 Å². The molecule has 18 unspecified atom stereocenters. The number of aliphatic hydroxyl groups excluding tert-OH is 10. The standard InChI is InChI=1S/C70H129O24P/c1-4-7-10-13-16-19-22-25-27-30-33-35-38-41-44-54(72)86-48-51(89-56(74)46-43-40-37-34-31-28-26-23-20-17-14-11-8-5-2)49-88-95(84,85)94-68-66(92-69-64(82)59(77)57(75)52(47-71)90-69)62(80)61(79)63(81)67(68)93-70-65(83)60(78)58(76)53(91-70)50-87-55(73)45-42-39-36-32-29-24-21-18-15-12-9-6-3/h28,31,51-53,57-71,75-83H,4-27,29-30,32-50H2,1-3H3,(H,84,85)/b31-28-. The van der Waals surface area contributed by atoms with Crippen molar-refractivity contribution in [2.24, 2.45) is 0 Å². The Hall–Kier alpha value is -2.30. The van der Waals surface area contributed by atoms with E-state index in [1.807, 2.05) is 0 Å². The Morgan fingerprint density at radius 3 is 1.15 bits per heavy atom. The van der Waals surface area contributed by atoms with Crippen LogP contribution in [0.1, 0.15) is 284 Å². The Kier molecular flexibility index (Phi) is 48.2. The Morgan fingerprint density at radius 1 is 0.400 bits per heavy atom. The first kappa shape index (κ1) is 86.9. The number of hydrogen-bond donors (Lipinski definition) is 11. The number of phosphoric acid groups is 1. The van der Waals surface area contributed by atoms with Crippen LogP contribution in [0.15, 0.2) is 12.2 Å². The van der Waals surface area contributed by atoms with Gasteiger partial charge in [-0.05, 0) is 44.9 Å². The fraction of sp³-hybridized carbons (Fsp3) is 0.929. The summed E-state index contributed by atoms with van der Waals surface area (Å²) < 4.78 is 64.9. The van der Waals surface area contributed by atoms with Gasteiger partial charge in [0.2, 0.25) is 0 Å². The van der Waals surface area contributed by atoms with Gasteiger partial charge in [-0.15, -0.1) is 0 Å². The van der Waals surface area contributed by atoms with E-state index in [-0.39, 0.29) is 19.3 Å². The number of aliphatic hydroxyl groups is 10. The highest BCUT2D eigenvalue weighted by Crippen LogP contribution is 2.49. The van der Waals surface area contributed by atoms with Crippen molar-refractivity contribution in [3.05, 3.63) is 12.2 Å². The average molecular weight is 1390 g/mol. The highest BCUT2D eigenvalue weighted by molar-refractivity contribution is 7.47. The summed E-state index contributed by atoms with van der Waals surface area (Å²) in [5.41, 5.74) is 0. The monoisotopic (exact) mass is 1380 g/mol. The van der Waals surface area contributed by atoms with Crippen molar-refractivity contribution in [2.45, 2.75) is 388 Å². The third-order valence-electron chi connectivity index (χ3n) is 18.3. The van der Waals surface area contributed by atoms with Crippen molar-refractivity contribution in [2.75, 3.05) is 26.4 Å². The lowest BCUT2D eigenvalue weighted by Gasteiger charge is -2.49. The molecule has 1 saturated carbocycles. The molecule has 2 saturated heterocycles. The molecule has 18 atom stereocenters. The molecule has 24 nitrogen and oxygen atoms in total. The maximum atomic E-state index is 14.3. The highest BCUT2D eigenvalue weighted by Gasteiger charge is 2.58. The second-order valence-corrected chi connectivity index (χ2v) is 28.1. The van der Waals surface area contributed by atoms with Crippen molar-refractivity contribution in [1.29, 1.82) is 0 Å². The lowest BCUT2D eigenvalue weighted by molar-refractivity contribution is -0.360. The molecule has 95 heavy (non-hydrogen) atoms. The molecule has 0 amide bonds. The van der Waals surface area contributed by atoms with E-state index in [1.54, 1.807) is 0 Å². The summed E-state index contributed by atoms with van der Waals surface area (Å²) in [5, 5.41) is 110. The summed E-state index contributed by atoms with van der Waals surface area (Å²) in [6.07, 6.45) is 10.1. The van der Waals surface area contributed by atoms with Gasteiger partial charge in [0.1, 0.15) is 98.7 Å². The zero-order valence-corrected chi connectivity index (χ0v) is 58.9. The second kappa shape index (κ2) is 52.6. The van der Waals surface area contributed by atoms with E-state index >= 15 is 0 Å². The van der Waals surface area contributed by atoms with Gasteiger partial charge in [0.05, 0.1) is 13.2 Å². The molecule has 0 aromatic carbocycles. The van der Waals surface area contributed by atoms with Crippen molar-refractivity contribution in [1.82, 2.24) is 0 Å². The molecule has 3 rings (SSSR count). The largest absolute Gasteiger partial charge is 0.472 e. The zero-order valence-electron chi connectivity index (χ0n) is 58.0. The summed E-state index contributed by atoms with van der Waals surface area (Å²) in [6, 6.07) is 0. The molecule has 0 spiro atoms. The molecule has 25 heteroatoms. The Bertz CT molecular complexity index is 2020. The molecule has 2 aliphatic heterocycles. The molecule has 3 aliphatic rings. The maximum absolute atomic E-state index is 14.3. The number of hydrogen-bond acceptors (Lipinski definition) is 23. The Morgan fingerprint density at radius 2 is 0.737 bits per heavy atom. The van der Waals surface area contributed by atoms with Gasteiger partial charge in [-0.1, -0.05) is 232 Å². The van der Waals surface area contributed by atoms with Gasteiger partial charge < -0.3 is 89.1 Å². The van der Waals surface area contributed by atoms with Crippen LogP contribution in [0.25, 0.3) is 0 Å². The quantitative estimate of drug-likeness (QED) is 0.00887. The van der Waals surface area contributed by atoms with E-state index in [2.05, 4.69) is 32.9 Å². The van der Waals surface area contributed by atoms with Gasteiger partial charge in [0, 0.05) is 19.3 Å². The first-order valence-corrected chi connectivity index (χ1v) is 38.5. The molecule has 0 radical (unpaired) electrons. The van der Waals surface area contributed by atoms with Crippen LogP contribution in [-0.4, -0.2) is 204 Å². The minimum absolute atomic E-state index is 0.0313. The van der Waals surface area contributed by atoms with Crippen molar-refractivity contribution in [3.8, 4) is 0 Å². The van der Waals surface area contributed by atoms with Crippen LogP contribution in [0.2, 0.25) is 0 Å². The summed E-state index contributed by atoms with van der Waals surface area (Å²) in [7, 11) is -5.69. The minimum atomic E-state index is -5.69. The van der Waals surface area contributed by atoms with Crippen LogP contribution < -0.4 is 0 Å². The number of carbonyl (C=O) groups is 3. The van der Waals surface area contributed by atoms with Crippen LogP contribution in [0.3, 0.4) is 0 Å². The molecule has 558 valence electrons. The lowest BCUT2D eigenvalue weighted by atomic mass is 9.84. The Labute approximate surface area is 567 Å². The zero-order chi connectivity index (χ0) is 69.6. The number of phosphoric ester groups is 1. The molecule has 2 heterocycles. The maximum Gasteiger partial charge on any atom is 0.472 e. The summed E-state index contributed by atoms with van der Waals surface area (Å²) >= 11 is 0. The molecular formula is C70H129O24P. The predicted molar refractivity (Wildman–Crippen MR) is 356 cm³/mol. The third-order valence-corrected chi connectivity index (χ3v) is 19.3. The Balaban J connectivity index is 1.75. The first-order valence-electron chi connectivity index (χ1n) is 37.0. The van der Waals surface area contributed by atoms with E-state index in [0.29, 0.717) is 25.7 Å². The highest BCUT2D eigenvalue weighted by atomic mass is 31.2. The molecule has 0 aromatic heterocycles. The summed E-state index contributed by atoms with van der Waals surface area (Å²) in [6.45, 7) is 3.42. The van der Waals surface area contributed by atoms with E-state index in [1.165, 1.54) is 128 Å². The normalized spacial score (nSPS) is 28.1. The number of carbonyl (C=O) groups excluding carboxylic acids is 3. The van der Waals surface area contributed by atoms with Crippen molar-refractivity contribution < 1.29 is 117 Å². The fourth-order valence-corrected chi connectivity index (χ4v) is 13.2. The second-order valence-electron chi connectivity index (χ2n) is 26.7. The lowest BCUT2D eigenvalue weighted by Crippen LogP contribution is -2.69. The molecule has 0 aromatic rings. The van der Waals surface area contributed by atoms with Crippen molar-refractivity contribution >= 4 is 25.7 Å². The molecule has 11 N–H and O–H groups in total.